The molecule has 0 fully saturated rings. The van der Waals surface area contributed by atoms with Crippen LogP contribution in [0.1, 0.15) is 0 Å². The first-order chi connectivity index (χ1) is 6.90. The summed E-state index contributed by atoms with van der Waals surface area (Å²) in [7, 11) is -0.550. The van der Waals surface area contributed by atoms with Gasteiger partial charge in [0.2, 0.25) is 0 Å². The van der Waals surface area contributed by atoms with Crippen LogP contribution in [0.15, 0.2) is 17.0 Å². The zero-order valence-electron chi connectivity index (χ0n) is 8.43. The van der Waals surface area contributed by atoms with Gasteiger partial charge in [-0.3, -0.25) is 9.11 Å². The molecule has 0 radical (unpaired) electrons. The predicted molar refractivity (Wildman–Crippen MR) is 59.3 cm³/mol. The Balaban J connectivity index is 3.36. The van der Waals surface area contributed by atoms with Crippen LogP contribution in [0.25, 0.3) is 0 Å². The second-order valence-electron chi connectivity index (χ2n) is 2.84. The molecule has 7 heteroatoms. The maximum Gasteiger partial charge on any atom is 0.145 e. The minimum absolute atomic E-state index is 0.0658. The standard InChI is InChI=1S/C8H14N2O4S/c1-13-6-4-8(15(10,11)12)7(14-2)3-5(6)9/h3-4,11-12H,9-10H2,1-2H3. The summed E-state index contributed by atoms with van der Waals surface area (Å²) in [6, 6.07) is 2.78. The Bertz CT molecular complexity index is 364. The van der Waals surface area contributed by atoms with Crippen molar-refractivity contribution in [3.63, 3.8) is 0 Å². The maximum absolute atomic E-state index is 9.35. The largest absolute Gasteiger partial charge is 0.495 e. The van der Waals surface area contributed by atoms with Crippen molar-refractivity contribution in [3.05, 3.63) is 12.1 Å². The van der Waals surface area contributed by atoms with E-state index < -0.39 is 10.8 Å². The molecule has 6 N–H and O–H groups in total. The van der Waals surface area contributed by atoms with Crippen LogP contribution in [0.2, 0.25) is 0 Å². The zero-order valence-corrected chi connectivity index (χ0v) is 9.25. The number of hydrogen-bond acceptors (Lipinski definition) is 6. The van der Waals surface area contributed by atoms with Crippen LogP contribution in [-0.4, -0.2) is 23.3 Å². The van der Waals surface area contributed by atoms with Crippen molar-refractivity contribution in [1.29, 1.82) is 0 Å². The molecule has 0 heterocycles. The van der Waals surface area contributed by atoms with Crippen molar-refractivity contribution in [2.45, 2.75) is 4.90 Å². The highest BCUT2D eigenvalue weighted by atomic mass is 32.3. The maximum atomic E-state index is 9.35. The molecule has 0 amide bonds. The molecule has 0 aliphatic rings. The molecule has 1 aromatic carbocycles. The summed E-state index contributed by atoms with van der Waals surface area (Å²) >= 11 is 0. The van der Waals surface area contributed by atoms with Gasteiger partial charge in [-0.2, -0.15) is 0 Å². The summed E-state index contributed by atoms with van der Waals surface area (Å²) < 4.78 is 28.6. The molecule has 0 saturated heterocycles. The normalized spacial score (nSPS) is 12.3. The lowest BCUT2D eigenvalue weighted by atomic mass is 10.3. The third-order valence-electron chi connectivity index (χ3n) is 1.84. The highest BCUT2D eigenvalue weighted by Gasteiger charge is 2.18. The molecule has 0 aliphatic carbocycles. The molecule has 0 aliphatic heterocycles. The Hall–Kier alpha value is -1.15. The first kappa shape index (κ1) is 11.9. The average molecular weight is 234 g/mol. The van der Waals surface area contributed by atoms with E-state index in [1.165, 1.54) is 26.4 Å². The molecule has 6 nitrogen and oxygen atoms in total. The summed E-state index contributed by atoms with van der Waals surface area (Å²) in [6.45, 7) is 0. The van der Waals surface area contributed by atoms with Crippen LogP contribution in [0.4, 0.5) is 5.69 Å². The van der Waals surface area contributed by atoms with Crippen LogP contribution in [0, 0.1) is 0 Å². The highest BCUT2D eigenvalue weighted by Crippen LogP contribution is 2.48. The molecule has 0 aromatic heterocycles. The van der Waals surface area contributed by atoms with Crippen molar-refractivity contribution < 1.29 is 18.6 Å². The average Bonchev–Trinajstić information content (AvgIpc) is 2.15. The van der Waals surface area contributed by atoms with Crippen LogP contribution in [0.3, 0.4) is 0 Å². The number of nitrogen functional groups attached to an aromatic ring is 1. The van der Waals surface area contributed by atoms with Crippen LogP contribution in [-0.2, 0) is 0 Å². The van der Waals surface area contributed by atoms with E-state index in [2.05, 4.69) is 0 Å². The Morgan fingerprint density at radius 2 is 1.67 bits per heavy atom. The van der Waals surface area contributed by atoms with Gasteiger partial charge in [0.25, 0.3) is 0 Å². The van der Waals surface area contributed by atoms with Crippen molar-refractivity contribution >= 4 is 16.5 Å². The van der Waals surface area contributed by atoms with E-state index in [0.717, 1.165) is 0 Å². The van der Waals surface area contributed by atoms with Gasteiger partial charge in [0.05, 0.1) is 19.9 Å². The summed E-state index contributed by atoms with van der Waals surface area (Å²) in [5, 5.41) is 5.22. The number of benzene rings is 1. The predicted octanol–water partition coefficient (Wildman–Crippen LogP) is 1.27. The SMILES string of the molecule is COc1cc(S(N)(O)O)c(OC)cc1N. The number of methoxy groups -OCH3 is 2. The molecular formula is C8H14N2O4S. The minimum atomic E-state index is -3.36. The molecule has 15 heavy (non-hydrogen) atoms. The van der Waals surface area contributed by atoms with Gasteiger partial charge in [-0.1, -0.05) is 0 Å². The second-order valence-corrected chi connectivity index (χ2v) is 4.46. The van der Waals surface area contributed by atoms with Gasteiger partial charge in [0, 0.05) is 12.1 Å². The lowest BCUT2D eigenvalue weighted by Crippen LogP contribution is -2.10. The monoisotopic (exact) mass is 234 g/mol. The van der Waals surface area contributed by atoms with Crippen molar-refractivity contribution in [2.24, 2.45) is 5.14 Å². The van der Waals surface area contributed by atoms with E-state index >= 15 is 0 Å². The van der Waals surface area contributed by atoms with Gasteiger partial charge in [-0.25, -0.2) is 5.14 Å². The zero-order chi connectivity index (χ0) is 11.6. The van der Waals surface area contributed by atoms with Gasteiger partial charge in [0.15, 0.2) is 0 Å². The quantitative estimate of drug-likeness (QED) is 0.586. The van der Waals surface area contributed by atoms with Crippen molar-refractivity contribution in [1.82, 2.24) is 0 Å². The fourth-order valence-corrected chi connectivity index (χ4v) is 1.85. The fourth-order valence-electron chi connectivity index (χ4n) is 1.13. The molecule has 86 valence electrons. The number of rotatable bonds is 3. The molecule has 0 saturated carbocycles. The fraction of sp³-hybridized carbons (Fsp3) is 0.250. The molecule has 0 unspecified atom stereocenters. The van der Waals surface area contributed by atoms with E-state index in [-0.39, 0.29) is 10.6 Å². The first-order valence-electron chi connectivity index (χ1n) is 3.97. The third kappa shape index (κ3) is 2.45. The molecule has 0 spiro atoms. The van der Waals surface area contributed by atoms with E-state index in [1.54, 1.807) is 0 Å². The Morgan fingerprint density at radius 3 is 2.07 bits per heavy atom. The Labute approximate surface area is 89.3 Å². The van der Waals surface area contributed by atoms with Gasteiger partial charge < -0.3 is 15.2 Å². The lowest BCUT2D eigenvalue weighted by molar-refractivity contribution is 0.389. The number of anilines is 1. The molecular weight excluding hydrogens is 220 g/mol. The minimum Gasteiger partial charge on any atom is -0.495 e. The summed E-state index contributed by atoms with van der Waals surface area (Å²) in [6.07, 6.45) is 0. The van der Waals surface area contributed by atoms with Gasteiger partial charge in [-0.05, 0) is 0 Å². The van der Waals surface area contributed by atoms with E-state index in [1.807, 2.05) is 0 Å². The lowest BCUT2D eigenvalue weighted by Gasteiger charge is -2.28. The Kier molecular flexibility index (Phi) is 3.30. The van der Waals surface area contributed by atoms with E-state index in [9.17, 15) is 9.11 Å². The molecule has 1 aromatic rings. The summed E-state index contributed by atoms with van der Waals surface area (Å²) in [5.41, 5.74) is 5.95. The smallest absolute Gasteiger partial charge is 0.145 e. The van der Waals surface area contributed by atoms with Gasteiger partial charge in [0.1, 0.15) is 16.4 Å². The summed E-state index contributed by atoms with van der Waals surface area (Å²) in [5.74, 6) is 0.534. The molecule has 1 rings (SSSR count). The number of ether oxygens (including phenoxy) is 2. The van der Waals surface area contributed by atoms with Crippen LogP contribution < -0.4 is 20.3 Å². The highest BCUT2D eigenvalue weighted by molar-refractivity contribution is 8.22. The van der Waals surface area contributed by atoms with Crippen molar-refractivity contribution in [3.8, 4) is 11.5 Å². The number of nitrogens with two attached hydrogens (primary N) is 2. The number of hydrogen-bond donors (Lipinski definition) is 4. The summed E-state index contributed by atoms with van der Waals surface area (Å²) in [4.78, 5) is 0.0658. The van der Waals surface area contributed by atoms with Gasteiger partial charge >= 0.3 is 0 Å². The second kappa shape index (κ2) is 4.15. The van der Waals surface area contributed by atoms with E-state index in [0.29, 0.717) is 11.4 Å². The van der Waals surface area contributed by atoms with Gasteiger partial charge in [-0.15, -0.1) is 10.8 Å². The van der Waals surface area contributed by atoms with Crippen LogP contribution >= 0.6 is 10.8 Å². The van der Waals surface area contributed by atoms with Crippen LogP contribution in [0.5, 0.6) is 11.5 Å². The van der Waals surface area contributed by atoms with Crippen molar-refractivity contribution in [2.75, 3.05) is 20.0 Å². The molecule has 0 bridgehead atoms. The molecule has 0 atom stereocenters. The topological polar surface area (TPSA) is 111 Å². The first-order valence-corrected chi connectivity index (χ1v) is 5.58. The van der Waals surface area contributed by atoms with E-state index in [4.69, 9.17) is 20.3 Å². The Morgan fingerprint density at radius 1 is 1.13 bits per heavy atom. The third-order valence-corrected chi connectivity index (χ3v) is 2.81.